The van der Waals surface area contributed by atoms with Crippen LogP contribution in [0, 0.1) is 0 Å². The lowest BCUT2D eigenvalue weighted by molar-refractivity contribution is 0.0955. The molecule has 1 amide bonds. The lowest BCUT2D eigenvalue weighted by Gasteiger charge is -2.04. The Bertz CT molecular complexity index is 763. The molecule has 22 heavy (non-hydrogen) atoms. The van der Waals surface area contributed by atoms with Gasteiger partial charge in [-0.1, -0.05) is 11.6 Å². The Labute approximate surface area is 140 Å². The van der Waals surface area contributed by atoms with E-state index < -0.39 is 6.10 Å². The summed E-state index contributed by atoms with van der Waals surface area (Å²) >= 11 is 8.49. The van der Waals surface area contributed by atoms with E-state index in [0.717, 1.165) is 9.75 Å². The van der Waals surface area contributed by atoms with Gasteiger partial charge in [-0.3, -0.25) is 4.79 Å². The minimum Gasteiger partial charge on any atom is -0.466 e. The van der Waals surface area contributed by atoms with E-state index in [1.165, 1.54) is 28.9 Å². The summed E-state index contributed by atoms with van der Waals surface area (Å²) in [5, 5.41) is 13.0. The van der Waals surface area contributed by atoms with Crippen LogP contribution in [0.3, 0.4) is 0 Å². The van der Waals surface area contributed by atoms with Gasteiger partial charge in [0.2, 0.25) is 0 Å². The number of hydrogen-bond acceptors (Lipinski definition) is 5. The second kappa shape index (κ2) is 6.66. The molecule has 0 aliphatic rings. The number of aliphatic hydroxyl groups is 1. The largest absolute Gasteiger partial charge is 0.466 e. The molecule has 4 nitrogen and oxygen atoms in total. The number of rotatable bonds is 5. The zero-order valence-electron chi connectivity index (χ0n) is 11.3. The number of aliphatic hydroxyl groups excluding tert-OH is 1. The monoisotopic (exact) mass is 353 g/mol. The van der Waals surface area contributed by atoms with Gasteiger partial charge in [0.1, 0.15) is 11.9 Å². The van der Waals surface area contributed by atoms with Crippen molar-refractivity contribution in [1.29, 1.82) is 0 Å². The third-order valence-electron chi connectivity index (χ3n) is 2.98. The molecule has 0 saturated heterocycles. The zero-order valence-corrected chi connectivity index (χ0v) is 13.7. The Morgan fingerprint density at radius 2 is 2.14 bits per heavy atom. The van der Waals surface area contributed by atoms with Crippen LogP contribution < -0.4 is 5.32 Å². The van der Waals surface area contributed by atoms with Gasteiger partial charge in [0.25, 0.3) is 5.91 Å². The molecule has 0 bridgehead atoms. The van der Waals surface area contributed by atoms with Crippen molar-refractivity contribution in [3.05, 3.63) is 67.4 Å². The fourth-order valence-corrected chi connectivity index (χ4v) is 3.82. The third kappa shape index (κ3) is 3.41. The lowest BCUT2D eigenvalue weighted by Crippen LogP contribution is -2.21. The van der Waals surface area contributed by atoms with E-state index in [1.807, 2.05) is 12.1 Å². The van der Waals surface area contributed by atoms with E-state index in [4.69, 9.17) is 16.0 Å². The Morgan fingerprint density at radius 3 is 2.82 bits per heavy atom. The van der Waals surface area contributed by atoms with Crippen LogP contribution in [0.2, 0.25) is 4.34 Å². The van der Waals surface area contributed by atoms with Crippen molar-refractivity contribution in [3.8, 4) is 0 Å². The fraction of sp³-hybridized carbons (Fsp3) is 0.133. The van der Waals surface area contributed by atoms with Crippen molar-refractivity contribution in [2.24, 2.45) is 0 Å². The number of thiophene rings is 2. The summed E-state index contributed by atoms with van der Waals surface area (Å²) < 4.78 is 5.78. The number of furan rings is 1. The summed E-state index contributed by atoms with van der Waals surface area (Å²) in [7, 11) is 0. The van der Waals surface area contributed by atoms with Gasteiger partial charge in [-0.2, -0.15) is 0 Å². The summed E-state index contributed by atoms with van der Waals surface area (Å²) in [6.45, 7) is 0.407. The first kappa shape index (κ1) is 15.3. The maximum atomic E-state index is 11.9. The average molecular weight is 354 g/mol. The van der Waals surface area contributed by atoms with Gasteiger partial charge in [-0.15, -0.1) is 22.7 Å². The quantitative estimate of drug-likeness (QED) is 0.726. The summed E-state index contributed by atoms with van der Waals surface area (Å²) in [6, 6.07) is 10.6. The predicted molar refractivity (Wildman–Crippen MR) is 87.6 cm³/mol. The molecule has 0 unspecified atom stereocenters. The van der Waals surface area contributed by atoms with Crippen molar-refractivity contribution < 1.29 is 14.3 Å². The van der Waals surface area contributed by atoms with Crippen molar-refractivity contribution in [1.82, 2.24) is 5.32 Å². The van der Waals surface area contributed by atoms with Crippen molar-refractivity contribution >= 4 is 40.2 Å². The highest BCUT2D eigenvalue weighted by molar-refractivity contribution is 7.18. The van der Waals surface area contributed by atoms with E-state index in [9.17, 15) is 9.90 Å². The van der Waals surface area contributed by atoms with E-state index in [1.54, 1.807) is 24.3 Å². The van der Waals surface area contributed by atoms with Gasteiger partial charge < -0.3 is 14.8 Å². The minimum atomic E-state index is -0.777. The molecule has 7 heteroatoms. The summed E-state index contributed by atoms with van der Waals surface area (Å²) in [4.78, 5) is 14.3. The summed E-state index contributed by atoms with van der Waals surface area (Å²) in [5.41, 5.74) is 0. The van der Waals surface area contributed by atoms with Crippen molar-refractivity contribution in [2.45, 2.75) is 12.6 Å². The number of carbonyl (C=O) groups excluding carboxylic acids is 1. The second-order valence-electron chi connectivity index (χ2n) is 4.51. The highest BCUT2D eigenvalue weighted by Gasteiger charge is 2.16. The van der Waals surface area contributed by atoms with Crippen LogP contribution in [0.25, 0.3) is 0 Å². The van der Waals surface area contributed by atoms with Gasteiger partial charge >= 0.3 is 0 Å². The van der Waals surface area contributed by atoms with Crippen LogP contribution in [-0.4, -0.2) is 11.0 Å². The van der Waals surface area contributed by atoms with Crippen LogP contribution in [0.5, 0.6) is 0 Å². The molecule has 114 valence electrons. The smallest absolute Gasteiger partial charge is 0.261 e. The molecule has 0 fully saturated rings. The molecule has 0 spiro atoms. The maximum Gasteiger partial charge on any atom is 0.261 e. The van der Waals surface area contributed by atoms with Crippen LogP contribution in [0.4, 0.5) is 0 Å². The first-order valence-corrected chi connectivity index (χ1v) is 8.48. The molecular formula is C15H12ClNO3S2. The highest BCUT2D eigenvalue weighted by atomic mass is 35.5. The van der Waals surface area contributed by atoms with Gasteiger partial charge in [0.15, 0.2) is 0 Å². The zero-order chi connectivity index (χ0) is 15.5. The fourth-order valence-electron chi connectivity index (χ4n) is 1.91. The van der Waals surface area contributed by atoms with E-state index in [0.29, 0.717) is 21.5 Å². The summed E-state index contributed by atoms with van der Waals surface area (Å²) in [5.74, 6) is 0.351. The number of nitrogens with one attached hydrogen (secondary N) is 1. The van der Waals surface area contributed by atoms with E-state index in [2.05, 4.69) is 5.32 Å². The maximum absolute atomic E-state index is 11.9. The number of amides is 1. The molecule has 3 rings (SSSR count). The predicted octanol–water partition coefficient (Wildman–Crippen LogP) is 4.07. The minimum absolute atomic E-state index is 0.154. The van der Waals surface area contributed by atoms with E-state index >= 15 is 0 Å². The van der Waals surface area contributed by atoms with Gasteiger partial charge in [-0.05, 0) is 36.4 Å². The van der Waals surface area contributed by atoms with Crippen LogP contribution in [-0.2, 0) is 6.54 Å². The molecule has 0 aliphatic carbocycles. The van der Waals surface area contributed by atoms with Crippen LogP contribution in [0.1, 0.15) is 31.3 Å². The molecule has 1 atom stereocenters. The Morgan fingerprint density at radius 1 is 1.27 bits per heavy atom. The molecule has 3 aromatic rings. The standard InChI is InChI=1S/C15H12ClNO3S2/c16-13-6-5-12(22-13)15(19)17-8-9-3-4-11(21-9)14(18)10-2-1-7-20-10/h1-7,14,18H,8H2,(H,17,19)/t14-/m1/s1. The van der Waals surface area contributed by atoms with Crippen LogP contribution >= 0.6 is 34.3 Å². The van der Waals surface area contributed by atoms with E-state index in [-0.39, 0.29) is 5.91 Å². The molecule has 2 N–H and O–H groups in total. The second-order valence-corrected chi connectivity index (χ2v) is 7.42. The first-order valence-electron chi connectivity index (χ1n) is 6.47. The summed E-state index contributed by atoms with van der Waals surface area (Å²) in [6.07, 6.45) is 0.750. The Balaban J connectivity index is 1.61. The molecule has 3 aromatic heterocycles. The molecule has 0 aromatic carbocycles. The molecule has 0 aliphatic heterocycles. The van der Waals surface area contributed by atoms with Crippen molar-refractivity contribution in [2.75, 3.05) is 0 Å². The van der Waals surface area contributed by atoms with Crippen molar-refractivity contribution in [3.63, 3.8) is 0 Å². The lowest BCUT2D eigenvalue weighted by atomic mass is 10.2. The molecule has 3 heterocycles. The number of carbonyl (C=O) groups is 1. The topological polar surface area (TPSA) is 62.5 Å². The van der Waals surface area contributed by atoms with Gasteiger partial charge in [-0.25, -0.2) is 0 Å². The highest BCUT2D eigenvalue weighted by Crippen LogP contribution is 2.29. The number of hydrogen-bond donors (Lipinski definition) is 2. The van der Waals surface area contributed by atoms with Gasteiger partial charge in [0.05, 0.1) is 22.0 Å². The molecular weight excluding hydrogens is 342 g/mol. The Kier molecular flexibility index (Phi) is 4.63. The molecule has 0 radical (unpaired) electrons. The third-order valence-corrected chi connectivity index (χ3v) is 5.35. The average Bonchev–Trinajstić information content (AvgIpc) is 3.25. The SMILES string of the molecule is O=C(NCc1ccc([C@H](O)c2ccco2)s1)c1ccc(Cl)s1. The number of halogens is 1. The Hall–Kier alpha value is -1.60. The molecule has 0 saturated carbocycles. The van der Waals surface area contributed by atoms with Crippen LogP contribution in [0.15, 0.2) is 47.1 Å². The first-order chi connectivity index (χ1) is 10.6. The normalized spacial score (nSPS) is 12.3. The van der Waals surface area contributed by atoms with Gasteiger partial charge in [0, 0.05) is 9.75 Å².